The maximum atomic E-state index is 12.4. The molecule has 0 spiro atoms. The Morgan fingerprint density at radius 3 is 2.55 bits per heavy atom. The van der Waals surface area contributed by atoms with Crippen LogP contribution in [0.2, 0.25) is 0 Å². The van der Waals surface area contributed by atoms with E-state index in [1.807, 2.05) is 4.90 Å². The Kier molecular flexibility index (Phi) is 3.18. The molecule has 1 aromatic rings. The van der Waals surface area contributed by atoms with Gasteiger partial charge in [-0.05, 0) is 43.7 Å². The largest absolute Gasteiger partial charge is 0.433 e. The van der Waals surface area contributed by atoms with Crippen LogP contribution in [0.5, 0.6) is 0 Å². The lowest BCUT2D eigenvalue weighted by atomic mass is 10.1. The molecular weight excluding hydrogens is 269 g/mol. The minimum atomic E-state index is -4.47. The summed E-state index contributed by atoms with van der Waals surface area (Å²) in [6.07, 6.45) is 0.851. The monoisotopic (exact) mass is 284 g/mol. The summed E-state index contributed by atoms with van der Waals surface area (Å²) in [6.45, 7) is 0.695. The highest BCUT2D eigenvalue weighted by Crippen LogP contribution is 2.40. The second-order valence-electron chi connectivity index (χ2n) is 5.48. The number of carbonyl (C=O) groups is 1. The van der Waals surface area contributed by atoms with Gasteiger partial charge in [0.25, 0.3) is 5.91 Å². The van der Waals surface area contributed by atoms with Crippen LogP contribution in [-0.4, -0.2) is 28.4 Å². The number of likely N-dealkylation sites (tertiary alicyclic amines) is 1. The Morgan fingerprint density at radius 1 is 1.25 bits per heavy atom. The van der Waals surface area contributed by atoms with Crippen LogP contribution in [0.4, 0.5) is 13.2 Å². The van der Waals surface area contributed by atoms with Gasteiger partial charge in [-0.1, -0.05) is 0 Å². The summed E-state index contributed by atoms with van der Waals surface area (Å²) < 4.78 is 37.3. The second-order valence-corrected chi connectivity index (χ2v) is 5.48. The van der Waals surface area contributed by atoms with Gasteiger partial charge in [0.1, 0.15) is 5.69 Å². The number of pyridine rings is 1. The first kappa shape index (κ1) is 13.4. The molecule has 0 bridgehead atoms. The molecule has 1 atom stereocenters. The highest BCUT2D eigenvalue weighted by atomic mass is 19.4. The number of hydrogen-bond acceptors (Lipinski definition) is 2. The molecule has 0 radical (unpaired) electrons. The molecule has 1 aliphatic heterocycles. The number of nitrogens with zero attached hydrogens (tertiary/aromatic N) is 2. The van der Waals surface area contributed by atoms with E-state index >= 15 is 0 Å². The fourth-order valence-electron chi connectivity index (χ4n) is 2.87. The normalized spacial score (nSPS) is 23.1. The van der Waals surface area contributed by atoms with Gasteiger partial charge in [-0.25, -0.2) is 0 Å². The minimum Gasteiger partial charge on any atom is -0.335 e. The van der Waals surface area contributed by atoms with E-state index < -0.39 is 11.9 Å². The average Bonchev–Trinajstić information content (AvgIpc) is 3.15. The van der Waals surface area contributed by atoms with Crippen LogP contribution in [0, 0.1) is 5.92 Å². The van der Waals surface area contributed by atoms with Gasteiger partial charge in [0.15, 0.2) is 0 Å². The van der Waals surface area contributed by atoms with E-state index in [0.717, 1.165) is 37.9 Å². The van der Waals surface area contributed by atoms with Crippen LogP contribution in [0.25, 0.3) is 0 Å². The van der Waals surface area contributed by atoms with E-state index in [-0.39, 0.29) is 17.5 Å². The van der Waals surface area contributed by atoms with E-state index in [2.05, 4.69) is 4.98 Å². The van der Waals surface area contributed by atoms with Crippen LogP contribution >= 0.6 is 0 Å². The third-order valence-corrected chi connectivity index (χ3v) is 4.03. The van der Waals surface area contributed by atoms with Crippen molar-refractivity contribution in [2.24, 2.45) is 5.92 Å². The number of rotatable bonds is 2. The summed E-state index contributed by atoms with van der Waals surface area (Å²) in [5, 5.41) is 0. The zero-order valence-corrected chi connectivity index (χ0v) is 10.9. The summed E-state index contributed by atoms with van der Waals surface area (Å²) in [7, 11) is 0. The van der Waals surface area contributed by atoms with Crippen molar-refractivity contribution in [3.63, 3.8) is 0 Å². The van der Waals surface area contributed by atoms with Crippen molar-refractivity contribution in [3.05, 3.63) is 29.6 Å². The number of aromatic nitrogens is 1. The van der Waals surface area contributed by atoms with Crippen molar-refractivity contribution in [2.75, 3.05) is 6.54 Å². The Bertz CT molecular complexity index is 508. The van der Waals surface area contributed by atoms with Gasteiger partial charge in [-0.15, -0.1) is 0 Å². The number of halogens is 3. The van der Waals surface area contributed by atoms with Crippen molar-refractivity contribution >= 4 is 5.91 Å². The number of amides is 1. The average molecular weight is 284 g/mol. The van der Waals surface area contributed by atoms with Gasteiger partial charge < -0.3 is 4.90 Å². The Hall–Kier alpha value is -1.59. The maximum Gasteiger partial charge on any atom is 0.433 e. The maximum absolute atomic E-state index is 12.4. The first-order valence-electron chi connectivity index (χ1n) is 6.81. The molecule has 6 heteroatoms. The highest BCUT2D eigenvalue weighted by Gasteiger charge is 2.40. The molecule has 1 aliphatic carbocycles. The van der Waals surface area contributed by atoms with Crippen LogP contribution in [0.3, 0.4) is 0 Å². The van der Waals surface area contributed by atoms with E-state index in [9.17, 15) is 18.0 Å². The topological polar surface area (TPSA) is 33.2 Å². The van der Waals surface area contributed by atoms with Gasteiger partial charge in [0.2, 0.25) is 0 Å². The first-order chi connectivity index (χ1) is 9.47. The Labute approximate surface area is 114 Å². The van der Waals surface area contributed by atoms with Crippen molar-refractivity contribution in [1.29, 1.82) is 0 Å². The third-order valence-electron chi connectivity index (χ3n) is 4.03. The lowest BCUT2D eigenvalue weighted by molar-refractivity contribution is -0.141. The lowest BCUT2D eigenvalue weighted by Crippen LogP contribution is -2.36. The van der Waals surface area contributed by atoms with Gasteiger partial charge >= 0.3 is 6.18 Å². The first-order valence-corrected chi connectivity index (χ1v) is 6.81. The van der Waals surface area contributed by atoms with Crippen LogP contribution < -0.4 is 0 Å². The summed E-state index contributed by atoms with van der Waals surface area (Å²) in [4.78, 5) is 17.5. The molecule has 1 unspecified atom stereocenters. The molecular formula is C14H15F3N2O. The zero-order chi connectivity index (χ0) is 14.3. The van der Waals surface area contributed by atoms with E-state index in [4.69, 9.17) is 0 Å². The van der Waals surface area contributed by atoms with Crippen LogP contribution in [0.1, 0.15) is 41.7 Å². The van der Waals surface area contributed by atoms with E-state index in [1.165, 1.54) is 6.07 Å². The van der Waals surface area contributed by atoms with Crippen molar-refractivity contribution in [1.82, 2.24) is 9.88 Å². The molecule has 3 nitrogen and oxygen atoms in total. The predicted octanol–water partition coefficient (Wildman–Crippen LogP) is 3.12. The molecule has 1 saturated carbocycles. The van der Waals surface area contributed by atoms with E-state index in [0.29, 0.717) is 12.5 Å². The molecule has 0 N–H and O–H groups in total. The Balaban J connectivity index is 1.76. The van der Waals surface area contributed by atoms with Crippen molar-refractivity contribution in [3.8, 4) is 0 Å². The van der Waals surface area contributed by atoms with Crippen molar-refractivity contribution < 1.29 is 18.0 Å². The van der Waals surface area contributed by atoms with Gasteiger partial charge in [-0.2, -0.15) is 13.2 Å². The molecule has 2 heterocycles. The van der Waals surface area contributed by atoms with Crippen molar-refractivity contribution in [2.45, 2.75) is 37.9 Å². The second kappa shape index (κ2) is 4.75. The zero-order valence-electron chi connectivity index (χ0n) is 10.9. The molecule has 20 heavy (non-hydrogen) atoms. The summed E-state index contributed by atoms with van der Waals surface area (Å²) >= 11 is 0. The summed E-state index contributed by atoms with van der Waals surface area (Å²) in [6, 6.07) is 2.36. The van der Waals surface area contributed by atoms with Gasteiger partial charge in [-0.3, -0.25) is 9.78 Å². The molecule has 1 amide bonds. The summed E-state index contributed by atoms with van der Waals surface area (Å²) in [5.74, 6) is 0.393. The standard InChI is InChI=1S/C14H15F3N2O/c15-14(16,17)12-6-5-10(8-18-12)13(20)19-7-1-2-11(19)9-3-4-9/h5-6,8-9,11H,1-4,7H2. The smallest absolute Gasteiger partial charge is 0.335 e. The quantitative estimate of drug-likeness (QED) is 0.836. The van der Waals surface area contributed by atoms with E-state index in [1.54, 1.807) is 0 Å². The summed E-state index contributed by atoms with van der Waals surface area (Å²) in [5.41, 5.74) is -0.722. The minimum absolute atomic E-state index is 0.194. The van der Waals surface area contributed by atoms with Crippen LogP contribution in [0.15, 0.2) is 18.3 Å². The fraction of sp³-hybridized carbons (Fsp3) is 0.571. The molecule has 108 valence electrons. The number of carbonyl (C=O) groups excluding carboxylic acids is 1. The van der Waals surface area contributed by atoms with Gasteiger partial charge in [0.05, 0.1) is 5.56 Å². The fourth-order valence-corrected chi connectivity index (χ4v) is 2.87. The lowest BCUT2D eigenvalue weighted by Gasteiger charge is -2.24. The number of alkyl halides is 3. The van der Waals surface area contributed by atoms with Gasteiger partial charge in [0, 0.05) is 18.8 Å². The molecule has 0 aromatic carbocycles. The predicted molar refractivity (Wildman–Crippen MR) is 66.0 cm³/mol. The molecule has 1 saturated heterocycles. The number of hydrogen-bond donors (Lipinski definition) is 0. The molecule has 3 rings (SSSR count). The van der Waals surface area contributed by atoms with Crippen LogP contribution in [-0.2, 0) is 6.18 Å². The Morgan fingerprint density at radius 2 is 2.00 bits per heavy atom. The molecule has 2 aliphatic rings. The SMILES string of the molecule is O=C(c1ccc(C(F)(F)F)nc1)N1CCCC1C1CC1. The highest BCUT2D eigenvalue weighted by molar-refractivity contribution is 5.94. The molecule has 1 aromatic heterocycles. The third kappa shape index (κ3) is 2.51. The molecule has 2 fully saturated rings.